The van der Waals surface area contributed by atoms with Crippen molar-refractivity contribution < 1.29 is 14.3 Å². The molecule has 5 nitrogen and oxygen atoms in total. The smallest absolute Gasteiger partial charge is 0.307 e. The number of carboxylic acids is 1. The van der Waals surface area contributed by atoms with Crippen LogP contribution < -0.4 is 0 Å². The summed E-state index contributed by atoms with van der Waals surface area (Å²) in [6.45, 7) is 0. The van der Waals surface area contributed by atoms with Gasteiger partial charge in [-0.3, -0.25) is 4.79 Å². The van der Waals surface area contributed by atoms with Gasteiger partial charge in [-0.2, -0.15) is 0 Å². The van der Waals surface area contributed by atoms with Crippen molar-refractivity contribution in [3.05, 3.63) is 48.5 Å². The Labute approximate surface area is 108 Å². The third kappa shape index (κ3) is 2.30. The highest BCUT2D eigenvalue weighted by Crippen LogP contribution is 2.22. The molecule has 0 unspecified atom stereocenters. The largest absolute Gasteiger partial charge is 0.481 e. The summed E-state index contributed by atoms with van der Waals surface area (Å²) >= 11 is 0. The monoisotopic (exact) mass is 254 g/mol. The summed E-state index contributed by atoms with van der Waals surface area (Å²) in [6, 6.07) is 7.54. The highest BCUT2D eigenvalue weighted by atomic mass is 16.4. The van der Waals surface area contributed by atoms with Gasteiger partial charge in [-0.15, -0.1) is 0 Å². The number of nitrogens with zero attached hydrogens (tertiary/aromatic N) is 2. The molecule has 3 rings (SSSR count). The molecule has 5 heteroatoms. The van der Waals surface area contributed by atoms with E-state index in [4.69, 9.17) is 9.52 Å². The zero-order valence-corrected chi connectivity index (χ0v) is 9.91. The van der Waals surface area contributed by atoms with Gasteiger partial charge in [0.1, 0.15) is 5.58 Å². The molecule has 0 aliphatic rings. The Morgan fingerprint density at radius 1 is 1.21 bits per heavy atom. The summed E-state index contributed by atoms with van der Waals surface area (Å²) in [4.78, 5) is 19.0. The van der Waals surface area contributed by atoms with Crippen molar-refractivity contribution in [2.45, 2.75) is 6.42 Å². The van der Waals surface area contributed by atoms with Crippen LogP contribution >= 0.6 is 0 Å². The zero-order chi connectivity index (χ0) is 13.2. The number of fused-ring (bicyclic) bond motifs is 1. The van der Waals surface area contributed by atoms with Crippen LogP contribution in [0.25, 0.3) is 22.4 Å². The van der Waals surface area contributed by atoms with Gasteiger partial charge in [0.25, 0.3) is 0 Å². The van der Waals surface area contributed by atoms with Gasteiger partial charge in [-0.25, -0.2) is 9.97 Å². The topological polar surface area (TPSA) is 76.2 Å². The van der Waals surface area contributed by atoms with Crippen LogP contribution in [0.3, 0.4) is 0 Å². The van der Waals surface area contributed by atoms with Gasteiger partial charge in [-0.05, 0) is 29.8 Å². The first-order valence-electron chi connectivity index (χ1n) is 5.73. The van der Waals surface area contributed by atoms with Crippen LogP contribution in [0.1, 0.15) is 5.56 Å². The van der Waals surface area contributed by atoms with Crippen molar-refractivity contribution in [1.82, 2.24) is 9.97 Å². The molecule has 0 spiro atoms. The molecular weight excluding hydrogens is 244 g/mol. The molecule has 0 aliphatic heterocycles. The van der Waals surface area contributed by atoms with Crippen LogP contribution in [0.2, 0.25) is 0 Å². The fraction of sp³-hybridized carbons (Fsp3) is 0.0714. The Morgan fingerprint density at radius 2 is 2.00 bits per heavy atom. The van der Waals surface area contributed by atoms with E-state index in [0.29, 0.717) is 11.4 Å². The molecule has 0 amide bonds. The summed E-state index contributed by atoms with van der Waals surface area (Å²) in [7, 11) is 0. The Balaban J connectivity index is 1.94. The highest BCUT2D eigenvalue weighted by molar-refractivity contribution is 5.82. The van der Waals surface area contributed by atoms with Gasteiger partial charge in [0.15, 0.2) is 5.82 Å². The standard InChI is InChI=1S/C14H10N2O3/c17-13(18)5-9-7-15-14(16-8-9)11-1-2-12-10(6-11)3-4-19-12/h1-4,6-8H,5H2,(H,17,18). The summed E-state index contributed by atoms with van der Waals surface area (Å²) in [5.74, 6) is -0.326. The normalized spacial score (nSPS) is 10.7. The second kappa shape index (κ2) is 4.53. The Bertz CT molecular complexity index is 732. The summed E-state index contributed by atoms with van der Waals surface area (Å²) in [5, 5.41) is 9.66. The van der Waals surface area contributed by atoms with E-state index in [0.717, 1.165) is 16.5 Å². The van der Waals surface area contributed by atoms with Gasteiger partial charge < -0.3 is 9.52 Å². The van der Waals surface area contributed by atoms with E-state index in [9.17, 15) is 4.79 Å². The van der Waals surface area contributed by atoms with Crippen LogP contribution in [0.5, 0.6) is 0 Å². The van der Waals surface area contributed by atoms with Crippen molar-refractivity contribution >= 4 is 16.9 Å². The molecule has 1 aromatic carbocycles. The van der Waals surface area contributed by atoms with Crippen molar-refractivity contribution in [3.8, 4) is 11.4 Å². The maximum Gasteiger partial charge on any atom is 0.307 e. The SMILES string of the molecule is O=C(O)Cc1cnc(-c2ccc3occc3c2)nc1. The quantitative estimate of drug-likeness (QED) is 0.777. The molecule has 0 saturated carbocycles. The maximum absolute atomic E-state index is 10.6. The Morgan fingerprint density at radius 3 is 2.74 bits per heavy atom. The van der Waals surface area contributed by atoms with Crippen molar-refractivity contribution in [3.63, 3.8) is 0 Å². The molecule has 0 bridgehead atoms. The number of hydrogen-bond donors (Lipinski definition) is 1. The van der Waals surface area contributed by atoms with Crippen molar-refractivity contribution in [2.24, 2.45) is 0 Å². The molecule has 0 atom stereocenters. The fourth-order valence-electron chi connectivity index (χ4n) is 1.88. The Kier molecular flexibility index (Phi) is 2.72. The number of carboxylic acid groups (broad SMARTS) is 1. The molecule has 3 aromatic rings. The van der Waals surface area contributed by atoms with Gasteiger partial charge >= 0.3 is 5.97 Å². The van der Waals surface area contributed by atoms with E-state index in [2.05, 4.69) is 9.97 Å². The van der Waals surface area contributed by atoms with E-state index in [-0.39, 0.29) is 6.42 Å². The lowest BCUT2D eigenvalue weighted by atomic mass is 10.1. The first-order valence-corrected chi connectivity index (χ1v) is 5.73. The van der Waals surface area contributed by atoms with E-state index in [1.807, 2.05) is 24.3 Å². The molecule has 0 radical (unpaired) electrons. The van der Waals surface area contributed by atoms with Gasteiger partial charge in [0, 0.05) is 23.3 Å². The van der Waals surface area contributed by atoms with Crippen LogP contribution in [0.15, 0.2) is 47.3 Å². The molecule has 2 heterocycles. The molecule has 1 N–H and O–H groups in total. The first kappa shape index (κ1) is 11.4. The summed E-state index contributed by atoms with van der Waals surface area (Å²) in [5.41, 5.74) is 2.27. The van der Waals surface area contributed by atoms with Crippen LogP contribution in [0.4, 0.5) is 0 Å². The van der Waals surface area contributed by atoms with Crippen LogP contribution in [0, 0.1) is 0 Å². The lowest BCUT2D eigenvalue weighted by Gasteiger charge is -2.01. The minimum atomic E-state index is -0.892. The molecular formula is C14H10N2O3. The fourth-order valence-corrected chi connectivity index (χ4v) is 1.88. The minimum Gasteiger partial charge on any atom is -0.481 e. The molecule has 94 valence electrons. The van der Waals surface area contributed by atoms with Crippen LogP contribution in [-0.2, 0) is 11.2 Å². The number of rotatable bonds is 3. The average molecular weight is 254 g/mol. The van der Waals surface area contributed by atoms with Crippen molar-refractivity contribution in [1.29, 1.82) is 0 Å². The molecule has 19 heavy (non-hydrogen) atoms. The van der Waals surface area contributed by atoms with Crippen molar-refractivity contribution in [2.75, 3.05) is 0 Å². The molecule has 2 aromatic heterocycles. The van der Waals surface area contributed by atoms with Crippen LogP contribution in [-0.4, -0.2) is 21.0 Å². The number of furan rings is 1. The predicted molar refractivity (Wildman–Crippen MR) is 68.6 cm³/mol. The summed E-state index contributed by atoms with van der Waals surface area (Å²) < 4.78 is 5.27. The lowest BCUT2D eigenvalue weighted by molar-refractivity contribution is -0.136. The number of hydrogen-bond acceptors (Lipinski definition) is 4. The zero-order valence-electron chi connectivity index (χ0n) is 9.91. The number of aliphatic carboxylic acids is 1. The van der Waals surface area contributed by atoms with E-state index >= 15 is 0 Å². The molecule has 0 saturated heterocycles. The lowest BCUT2D eigenvalue weighted by Crippen LogP contribution is -2.01. The van der Waals surface area contributed by atoms with E-state index in [1.165, 1.54) is 12.4 Å². The third-order valence-corrected chi connectivity index (χ3v) is 2.77. The first-order chi connectivity index (χ1) is 9.22. The predicted octanol–water partition coefficient (Wildman–Crippen LogP) is 2.52. The van der Waals surface area contributed by atoms with Gasteiger partial charge in [0.2, 0.25) is 0 Å². The highest BCUT2D eigenvalue weighted by Gasteiger charge is 2.06. The number of aromatic nitrogens is 2. The molecule has 0 fully saturated rings. The van der Waals surface area contributed by atoms with E-state index < -0.39 is 5.97 Å². The van der Waals surface area contributed by atoms with Gasteiger partial charge in [0.05, 0.1) is 12.7 Å². The van der Waals surface area contributed by atoms with E-state index in [1.54, 1.807) is 6.26 Å². The third-order valence-electron chi connectivity index (χ3n) is 2.77. The maximum atomic E-state index is 10.6. The minimum absolute atomic E-state index is 0.0684. The molecule has 0 aliphatic carbocycles. The Hall–Kier alpha value is -2.69. The van der Waals surface area contributed by atoms with Gasteiger partial charge in [-0.1, -0.05) is 0 Å². The second-order valence-corrected chi connectivity index (χ2v) is 4.16. The number of benzene rings is 1. The summed E-state index contributed by atoms with van der Waals surface area (Å²) in [6.07, 6.45) is 4.64. The average Bonchev–Trinajstić information content (AvgIpc) is 2.86. The number of carbonyl (C=O) groups is 1. The second-order valence-electron chi connectivity index (χ2n) is 4.16.